The molecule has 0 N–H and O–H groups in total. The number of nitrogens with zero attached hydrogens (tertiary/aromatic N) is 6. The minimum atomic E-state index is -0.666. The second-order valence-electron chi connectivity index (χ2n) is 8.41. The average Bonchev–Trinajstić information content (AvgIpc) is 3.34. The maximum absolute atomic E-state index is 13.7. The van der Waals surface area contributed by atoms with Crippen LogP contribution in [0.1, 0.15) is 43.0 Å². The van der Waals surface area contributed by atoms with E-state index in [0.29, 0.717) is 43.1 Å². The summed E-state index contributed by atoms with van der Waals surface area (Å²) in [6.07, 6.45) is 6.05. The third-order valence-electron chi connectivity index (χ3n) is 6.49. The predicted octanol–water partition coefficient (Wildman–Crippen LogP) is 3.19. The molecule has 1 saturated carbocycles. The zero-order valence-electron chi connectivity index (χ0n) is 16.7. The fourth-order valence-electron chi connectivity index (χ4n) is 4.78. The molecule has 158 valence electrons. The van der Waals surface area contributed by atoms with Crippen LogP contribution in [0.4, 0.5) is 14.7 Å². The molecular formula is C22H20F2N6O. The fraction of sp³-hybridized carbons (Fsp3) is 0.409. The van der Waals surface area contributed by atoms with Crippen LogP contribution in [-0.2, 0) is 4.79 Å². The van der Waals surface area contributed by atoms with Crippen LogP contribution < -0.4 is 4.90 Å². The first kappa shape index (κ1) is 19.5. The summed E-state index contributed by atoms with van der Waals surface area (Å²) >= 11 is 0. The Bertz CT molecular complexity index is 1090. The van der Waals surface area contributed by atoms with Crippen molar-refractivity contribution in [1.29, 1.82) is 5.26 Å². The fourth-order valence-corrected chi connectivity index (χ4v) is 4.78. The molecule has 2 atom stereocenters. The van der Waals surface area contributed by atoms with Crippen LogP contribution in [0.3, 0.4) is 0 Å². The first-order chi connectivity index (χ1) is 15.0. The van der Waals surface area contributed by atoms with Gasteiger partial charge in [0.05, 0.1) is 6.04 Å². The van der Waals surface area contributed by atoms with Crippen LogP contribution in [0.2, 0.25) is 0 Å². The van der Waals surface area contributed by atoms with Crippen LogP contribution >= 0.6 is 0 Å². The first-order valence-corrected chi connectivity index (χ1v) is 10.3. The van der Waals surface area contributed by atoms with E-state index in [1.807, 2.05) is 11.0 Å². The van der Waals surface area contributed by atoms with Crippen molar-refractivity contribution in [3.63, 3.8) is 0 Å². The van der Waals surface area contributed by atoms with Gasteiger partial charge in [0.1, 0.15) is 23.4 Å². The second-order valence-corrected chi connectivity index (χ2v) is 8.41. The van der Waals surface area contributed by atoms with Gasteiger partial charge in [0.2, 0.25) is 11.9 Å². The second kappa shape index (κ2) is 7.38. The van der Waals surface area contributed by atoms with Crippen LogP contribution in [0, 0.1) is 34.3 Å². The van der Waals surface area contributed by atoms with Crippen molar-refractivity contribution in [3.05, 3.63) is 53.4 Å². The van der Waals surface area contributed by atoms with E-state index in [-0.39, 0.29) is 17.2 Å². The molecule has 2 aliphatic heterocycles. The molecule has 1 aromatic heterocycles. The van der Waals surface area contributed by atoms with E-state index < -0.39 is 17.7 Å². The molecular weight excluding hydrogens is 402 g/mol. The van der Waals surface area contributed by atoms with Crippen LogP contribution in [-0.4, -0.2) is 40.2 Å². The topological polar surface area (TPSA) is 85.5 Å². The van der Waals surface area contributed by atoms with Gasteiger partial charge in [-0.1, -0.05) is 0 Å². The predicted molar refractivity (Wildman–Crippen MR) is 108 cm³/mol. The number of hydrogen-bond acceptors (Lipinski definition) is 6. The molecule has 3 heterocycles. The number of aromatic nitrogens is 2. The number of anilines is 1. The van der Waals surface area contributed by atoms with Crippen molar-refractivity contribution in [1.82, 2.24) is 15.0 Å². The third-order valence-corrected chi connectivity index (χ3v) is 6.49. The summed E-state index contributed by atoms with van der Waals surface area (Å²) < 4.78 is 27.5. The van der Waals surface area contributed by atoms with Crippen molar-refractivity contribution in [3.8, 4) is 6.07 Å². The average molecular weight is 422 g/mol. The molecule has 5 rings (SSSR count). The van der Waals surface area contributed by atoms with E-state index in [0.717, 1.165) is 18.9 Å². The normalized spacial score (nSPS) is 23.8. The van der Waals surface area contributed by atoms with E-state index in [9.17, 15) is 13.6 Å². The van der Waals surface area contributed by atoms with E-state index in [2.05, 4.69) is 15.1 Å². The Hall–Kier alpha value is -3.41. The number of carbonyl (C=O) groups is 1. The van der Waals surface area contributed by atoms with E-state index >= 15 is 0 Å². The molecule has 2 fully saturated rings. The summed E-state index contributed by atoms with van der Waals surface area (Å²) in [4.78, 5) is 24.1. The molecule has 1 spiro atoms. The molecule has 9 heteroatoms. The highest BCUT2D eigenvalue weighted by Crippen LogP contribution is 2.57. The van der Waals surface area contributed by atoms with Crippen molar-refractivity contribution < 1.29 is 13.6 Å². The lowest BCUT2D eigenvalue weighted by Gasteiger charge is -2.40. The van der Waals surface area contributed by atoms with E-state index in [1.165, 1.54) is 17.1 Å². The zero-order valence-corrected chi connectivity index (χ0v) is 16.7. The van der Waals surface area contributed by atoms with Gasteiger partial charge < -0.3 is 4.90 Å². The molecule has 0 bridgehead atoms. The highest BCUT2D eigenvalue weighted by atomic mass is 19.1. The highest BCUT2D eigenvalue weighted by molar-refractivity contribution is 5.83. The van der Waals surface area contributed by atoms with E-state index in [4.69, 9.17) is 5.26 Å². The Kier molecular flexibility index (Phi) is 4.65. The molecule has 1 saturated heterocycles. The van der Waals surface area contributed by atoms with Gasteiger partial charge in [0, 0.05) is 43.9 Å². The Morgan fingerprint density at radius 3 is 2.71 bits per heavy atom. The van der Waals surface area contributed by atoms with Crippen LogP contribution in [0.15, 0.2) is 35.6 Å². The molecule has 31 heavy (non-hydrogen) atoms. The van der Waals surface area contributed by atoms with Crippen molar-refractivity contribution in [2.75, 3.05) is 18.0 Å². The molecule has 3 aliphatic rings. The quantitative estimate of drug-likeness (QED) is 0.758. The monoisotopic (exact) mass is 422 g/mol. The van der Waals surface area contributed by atoms with Gasteiger partial charge >= 0.3 is 0 Å². The lowest BCUT2D eigenvalue weighted by molar-refractivity contribution is -0.140. The van der Waals surface area contributed by atoms with Gasteiger partial charge in [0.15, 0.2) is 0 Å². The van der Waals surface area contributed by atoms with Gasteiger partial charge in [-0.25, -0.2) is 23.8 Å². The van der Waals surface area contributed by atoms with Crippen molar-refractivity contribution in [2.24, 2.45) is 16.4 Å². The Morgan fingerprint density at radius 1 is 1.23 bits per heavy atom. The minimum absolute atomic E-state index is 0.104. The molecule has 0 radical (unpaired) electrons. The number of halogens is 2. The Labute approximate surface area is 178 Å². The molecule has 1 aromatic carbocycles. The molecule has 2 aromatic rings. The van der Waals surface area contributed by atoms with Crippen molar-refractivity contribution in [2.45, 2.75) is 31.7 Å². The number of benzene rings is 1. The summed E-state index contributed by atoms with van der Waals surface area (Å²) in [6.45, 7) is 1.22. The summed E-state index contributed by atoms with van der Waals surface area (Å²) in [5, 5.41) is 14.8. The van der Waals surface area contributed by atoms with Crippen LogP contribution in [0.5, 0.6) is 0 Å². The lowest BCUT2D eigenvalue weighted by Crippen LogP contribution is -2.48. The SMILES string of the molecule is N#Cc1ccnc(N2CCC(C(=O)N3N=CCC3c3cc(F)cc(F)c3)C3(CC3)C2)n1. The molecule has 2 unspecified atom stereocenters. The minimum Gasteiger partial charge on any atom is -0.340 e. The standard InChI is InChI=1S/C22H20F2N6O/c23-15-9-14(10-16(24)11-15)19-2-7-27-30(19)20(31)18-3-8-29(13-22(18)4-5-22)21-26-6-1-17(12-25)28-21/h1,6-7,9-11,18-19H,2-5,8,13H2. The maximum atomic E-state index is 13.7. The third kappa shape index (κ3) is 3.52. The zero-order chi connectivity index (χ0) is 21.6. The van der Waals surface area contributed by atoms with Gasteiger partial charge in [-0.05, 0) is 48.4 Å². The Morgan fingerprint density at radius 2 is 2.00 bits per heavy atom. The van der Waals surface area contributed by atoms with Gasteiger partial charge in [-0.2, -0.15) is 10.4 Å². The van der Waals surface area contributed by atoms with Gasteiger partial charge in [-0.15, -0.1) is 0 Å². The smallest absolute Gasteiger partial charge is 0.247 e. The summed E-state index contributed by atoms with van der Waals surface area (Å²) in [7, 11) is 0. The molecule has 1 aliphatic carbocycles. The molecule has 7 nitrogen and oxygen atoms in total. The maximum Gasteiger partial charge on any atom is 0.247 e. The first-order valence-electron chi connectivity index (χ1n) is 10.3. The Balaban J connectivity index is 1.35. The lowest BCUT2D eigenvalue weighted by atomic mass is 9.81. The number of rotatable bonds is 3. The number of carbonyl (C=O) groups excluding carboxylic acids is 1. The molecule has 1 amide bonds. The summed E-state index contributed by atoms with van der Waals surface area (Å²) in [6, 6.07) is 6.44. The van der Waals surface area contributed by atoms with E-state index in [1.54, 1.807) is 18.5 Å². The van der Waals surface area contributed by atoms with Crippen molar-refractivity contribution >= 4 is 18.1 Å². The number of amides is 1. The van der Waals surface area contributed by atoms with Crippen LogP contribution in [0.25, 0.3) is 0 Å². The largest absolute Gasteiger partial charge is 0.340 e. The van der Waals surface area contributed by atoms with Gasteiger partial charge in [-0.3, -0.25) is 4.79 Å². The van der Waals surface area contributed by atoms with Gasteiger partial charge in [0.25, 0.3) is 0 Å². The highest BCUT2D eigenvalue weighted by Gasteiger charge is 2.57. The number of nitriles is 1. The summed E-state index contributed by atoms with van der Waals surface area (Å²) in [5.74, 6) is -1.16. The number of hydrogen-bond donors (Lipinski definition) is 0. The summed E-state index contributed by atoms with van der Waals surface area (Å²) in [5.41, 5.74) is 0.536. The number of hydrazone groups is 1. The number of piperidine rings is 1.